The van der Waals surface area contributed by atoms with Gasteiger partial charge in [-0.15, -0.1) is 4.83 Å². The number of nitrogens with one attached hydrogen (secondary N) is 4. The number of nitrogens with zero attached hydrogens (tertiary/aromatic N) is 1. The maximum Gasteiger partial charge on any atom is 0.490 e. The summed E-state index contributed by atoms with van der Waals surface area (Å²) in [6.07, 6.45) is -5.22. The van der Waals surface area contributed by atoms with Crippen LogP contribution in [0.4, 0.5) is 24.5 Å². The molecular formula is C28H31F3N6O9S. The lowest BCUT2D eigenvalue weighted by atomic mass is 10.0. The molecule has 0 aliphatic carbocycles. The molecule has 0 aliphatic heterocycles. The number of sulfonamides is 1. The Balaban J connectivity index is 0.000000984. The normalized spacial score (nSPS) is 11.8. The average molecular weight is 685 g/mol. The number of carbonyl (C=O) groups is 2. The number of carboxylic acid groups (broad SMARTS) is 1. The smallest absolute Gasteiger partial charge is 0.490 e. The molecule has 0 bridgehead atoms. The highest BCUT2D eigenvalue weighted by atomic mass is 32.2. The zero-order chi connectivity index (χ0) is 35.5. The van der Waals surface area contributed by atoms with Gasteiger partial charge in [0.2, 0.25) is 0 Å². The van der Waals surface area contributed by atoms with Gasteiger partial charge in [-0.05, 0) is 68.8 Å². The van der Waals surface area contributed by atoms with Crippen LogP contribution in [0.25, 0.3) is 0 Å². The van der Waals surface area contributed by atoms with Crippen LogP contribution in [0.15, 0.2) is 71.6 Å². The third kappa shape index (κ3) is 11.2. The number of anilines is 1. The fourth-order valence-electron chi connectivity index (χ4n) is 3.62. The fraction of sp³-hybridized carbons (Fsp3) is 0.250. The maximum atomic E-state index is 13.4. The number of rotatable bonds is 13. The zero-order valence-corrected chi connectivity index (χ0v) is 25.8. The Labute approximate surface area is 266 Å². The summed E-state index contributed by atoms with van der Waals surface area (Å²) in [6.45, 7) is 5.83. The van der Waals surface area contributed by atoms with Gasteiger partial charge in [-0.1, -0.05) is 18.2 Å². The number of aliphatic carboxylic acids is 1. The second-order valence-electron chi connectivity index (χ2n) is 9.50. The van der Waals surface area contributed by atoms with Crippen molar-refractivity contribution in [2.75, 3.05) is 11.9 Å². The van der Waals surface area contributed by atoms with E-state index < -0.39 is 49.6 Å². The molecule has 3 rings (SSSR count). The van der Waals surface area contributed by atoms with Gasteiger partial charge in [0.25, 0.3) is 21.6 Å². The quantitative estimate of drug-likeness (QED) is 0.0654. The number of nitrogens with two attached hydrogens (primary N) is 1. The van der Waals surface area contributed by atoms with Crippen LogP contribution < -0.4 is 30.8 Å². The van der Waals surface area contributed by atoms with Gasteiger partial charge < -0.3 is 25.6 Å². The highest BCUT2D eigenvalue weighted by Crippen LogP contribution is 2.33. The predicted octanol–water partition coefficient (Wildman–Crippen LogP) is 3.86. The van der Waals surface area contributed by atoms with Gasteiger partial charge in [-0.3, -0.25) is 25.7 Å². The van der Waals surface area contributed by atoms with Crippen LogP contribution >= 0.6 is 0 Å². The topological polar surface area (TPSA) is 236 Å². The summed E-state index contributed by atoms with van der Waals surface area (Å²) in [7, 11) is -4.51. The van der Waals surface area contributed by atoms with Crippen LogP contribution in [0.5, 0.6) is 11.5 Å². The van der Waals surface area contributed by atoms with Crippen molar-refractivity contribution in [2.24, 2.45) is 5.73 Å². The number of hydrazine groups is 1. The Morgan fingerprint density at radius 3 is 2.17 bits per heavy atom. The third-order valence-electron chi connectivity index (χ3n) is 5.64. The molecule has 0 aromatic heterocycles. The minimum Gasteiger partial charge on any atom is -0.490 e. The van der Waals surface area contributed by atoms with Crippen molar-refractivity contribution < 1.29 is 50.7 Å². The van der Waals surface area contributed by atoms with Crippen LogP contribution in [0.3, 0.4) is 0 Å². The predicted molar refractivity (Wildman–Crippen MR) is 162 cm³/mol. The van der Waals surface area contributed by atoms with E-state index in [1.165, 1.54) is 12.1 Å². The van der Waals surface area contributed by atoms with E-state index >= 15 is 0 Å². The summed E-state index contributed by atoms with van der Waals surface area (Å²) >= 11 is 0. The second-order valence-corrected chi connectivity index (χ2v) is 11.1. The van der Waals surface area contributed by atoms with Gasteiger partial charge in [0.15, 0.2) is 16.4 Å². The molecule has 19 heteroatoms. The molecular weight excluding hydrogens is 653 g/mol. The molecule has 0 heterocycles. The number of benzene rings is 3. The van der Waals surface area contributed by atoms with Gasteiger partial charge in [0.05, 0.1) is 17.6 Å². The first-order chi connectivity index (χ1) is 21.9. The van der Waals surface area contributed by atoms with E-state index in [9.17, 15) is 36.5 Å². The van der Waals surface area contributed by atoms with Crippen LogP contribution in [-0.4, -0.2) is 55.0 Å². The molecule has 47 heavy (non-hydrogen) atoms. The standard InChI is InChI=1S/C26H30N6O7S.C2HF3O2/c1-4-38-22-15-18(11-14-21(22)39-16(2)3)24(29-19-12-9-17(10-13-19)25(27)28)26(33)30-31-40(36,37)23-8-6-5-7-20(23)32(34)35;3-2(4,5)1(6)7/h5-16,24,29,31H,4H2,1-3H3,(H3,27,28)(H,30,33);(H,6,7). The van der Waals surface area contributed by atoms with E-state index in [2.05, 4.69) is 10.7 Å². The van der Waals surface area contributed by atoms with Gasteiger partial charge >= 0.3 is 12.1 Å². The lowest BCUT2D eigenvalue weighted by Crippen LogP contribution is -2.45. The molecule has 15 nitrogen and oxygen atoms in total. The van der Waals surface area contributed by atoms with Crippen LogP contribution in [0.1, 0.15) is 37.9 Å². The fourth-order valence-corrected chi connectivity index (χ4v) is 4.64. The molecule has 0 spiro atoms. The summed E-state index contributed by atoms with van der Waals surface area (Å²) in [5.41, 5.74) is 8.36. The number of amides is 1. The molecule has 3 aromatic carbocycles. The molecule has 0 aliphatic rings. The van der Waals surface area contributed by atoms with Crippen molar-refractivity contribution in [3.05, 3.63) is 88.0 Å². The number of halogens is 3. The van der Waals surface area contributed by atoms with E-state index in [-0.39, 0.29) is 11.9 Å². The summed E-state index contributed by atoms with van der Waals surface area (Å²) in [5.74, 6) is -2.87. The number of nitrogen functional groups attached to an aromatic ring is 1. The molecule has 1 unspecified atom stereocenters. The van der Waals surface area contributed by atoms with E-state index in [1.807, 2.05) is 18.7 Å². The largest absolute Gasteiger partial charge is 0.490 e. The van der Waals surface area contributed by atoms with Crippen molar-refractivity contribution in [2.45, 2.75) is 44.0 Å². The Bertz CT molecular complexity index is 1700. The summed E-state index contributed by atoms with van der Waals surface area (Å²) in [5, 5.41) is 29.0. The van der Waals surface area contributed by atoms with Gasteiger partial charge in [-0.25, -0.2) is 13.2 Å². The summed E-state index contributed by atoms with van der Waals surface area (Å²) in [4.78, 5) is 34.1. The highest BCUT2D eigenvalue weighted by Gasteiger charge is 2.38. The number of hydrogen-bond acceptors (Lipinski definition) is 10. The highest BCUT2D eigenvalue weighted by molar-refractivity contribution is 7.89. The Morgan fingerprint density at radius 2 is 1.66 bits per heavy atom. The minimum atomic E-state index is -5.08. The Kier molecular flexibility index (Phi) is 13.0. The molecule has 254 valence electrons. The molecule has 7 N–H and O–H groups in total. The van der Waals surface area contributed by atoms with Crippen LogP contribution in [-0.2, 0) is 19.6 Å². The molecule has 0 fully saturated rings. The summed E-state index contributed by atoms with van der Waals surface area (Å²) < 4.78 is 68.9. The van der Waals surface area contributed by atoms with Crippen molar-refractivity contribution >= 4 is 39.1 Å². The first-order valence-corrected chi connectivity index (χ1v) is 14.8. The third-order valence-corrected chi connectivity index (χ3v) is 6.93. The maximum absolute atomic E-state index is 13.4. The van der Waals surface area contributed by atoms with Gasteiger partial charge in [-0.2, -0.15) is 13.2 Å². The Hall–Kier alpha value is -5.43. The molecule has 0 saturated heterocycles. The van der Waals surface area contributed by atoms with Crippen molar-refractivity contribution in [1.82, 2.24) is 10.3 Å². The van der Waals surface area contributed by atoms with Crippen LogP contribution in [0, 0.1) is 15.5 Å². The van der Waals surface area contributed by atoms with E-state index in [0.717, 1.165) is 12.1 Å². The van der Waals surface area contributed by atoms with Crippen molar-refractivity contribution in [3.8, 4) is 11.5 Å². The molecule has 0 saturated carbocycles. The van der Waals surface area contributed by atoms with E-state index in [4.69, 9.17) is 30.5 Å². The number of carboxylic acids is 1. The lowest BCUT2D eigenvalue weighted by Gasteiger charge is -2.22. The minimum absolute atomic E-state index is 0.132. The number of nitro groups is 1. The Morgan fingerprint density at radius 1 is 1.06 bits per heavy atom. The number of alkyl halides is 3. The number of para-hydroxylation sites is 1. The number of amidine groups is 1. The van der Waals surface area contributed by atoms with E-state index in [1.54, 1.807) is 49.4 Å². The summed E-state index contributed by atoms with van der Waals surface area (Å²) in [6, 6.07) is 14.8. The first-order valence-electron chi connectivity index (χ1n) is 13.4. The lowest BCUT2D eigenvalue weighted by molar-refractivity contribution is -0.387. The monoisotopic (exact) mass is 684 g/mol. The van der Waals surface area contributed by atoms with Crippen LogP contribution in [0.2, 0.25) is 0 Å². The first kappa shape index (κ1) is 37.8. The van der Waals surface area contributed by atoms with E-state index in [0.29, 0.717) is 34.9 Å². The van der Waals surface area contributed by atoms with Gasteiger partial charge in [0.1, 0.15) is 11.9 Å². The SMILES string of the molecule is CCOc1cc(C(Nc2ccc(C(=N)N)cc2)C(=O)NNS(=O)(=O)c2ccccc2[N+](=O)[O-])ccc1OC(C)C.O=C(O)C(F)(F)F. The van der Waals surface area contributed by atoms with Crippen molar-refractivity contribution in [1.29, 1.82) is 5.41 Å². The molecule has 0 radical (unpaired) electrons. The number of hydrogen-bond donors (Lipinski definition) is 6. The molecule has 1 atom stereocenters. The molecule has 3 aromatic rings. The molecule has 1 amide bonds. The average Bonchev–Trinajstić information content (AvgIpc) is 2.99. The zero-order valence-electron chi connectivity index (χ0n) is 25.0. The van der Waals surface area contributed by atoms with Crippen molar-refractivity contribution in [3.63, 3.8) is 0 Å². The number of ether oxygens (including phenoxy) is 2. The van der Waals surface area contributed by atoms with Gasteiger partial charge in [0, 0.05) is 17.3 Å². The second kappa shape index (κ2) is 16.2. The number of carbonyl (C=O) groups excluding carboxylic acids is 1. The number of nitro benzene ring substituents is 1.